The molecule has 0 aliphatic heterocycles. The largest absolute Gasteiger partial charge is 0.397 e. The number of amides is 2. The van der Waals surface area contributed by atoms with Crippen LogP contribution in [-0.2, 0) is 16.1 Å². The number of nitrogen functional groups attached to an aromatic ring is 1. The number of aromatic nitrogens is 1. The minimum Gasteiger partial charge on any atom is -0.397 e. The summed E-state index contributed by atoms with van der Waals surface area (Å²) in [6.45, 7) is 3.34. The molecule has 0 atom stereocenters. The van der Waals surface area contributed by atoms with Crippen molar-refractivity contribution in [3.8, 4) is 0 Å². The predicted octanol–water partition coefficient (Wildman–Crippen LogP) is -0.417. The van der Waals surface area contributed by atoms with Gasteiger partial charge in [-0.15, -0.1) is 0 Å². The first-order valence-electron chi connectivity index (χ1n) is 6.08. The highest BCUT2D eigenvalue weighted by molar-refractivity contribution is 5.96. The number of ether oxygens (including phenoxy) is 1. The third-order valence-electron chi connectivity index (χ3n) is 2.53. The molecule has 7 heteroatoms. The van der Waals surface area contributed by atoms with Crippen molar-refractivity contribution in [3.63, 3.8) is 0 Å². The van der Waals surface area contributed by atoms with Crippen LogP contribution in [0.3, 0.4) is 0 Å². The van der Waals surface area contributed by atoms with Crippen LogP contribution in [0, 0.1) is 0 Å². The molecule has 1 aromatic rings. The normalized spacial score (nSPS) is 10.2. The molecule has 106 valence electrons. The monoisotopic (exact) mass is 268 g/mol. The molecule has 1 rings (SSSR count). The Morgan fingerprint density at radius 1 is 1.42 bits per heavy atom. The highest BCUT2D eigenvalue weighted by atomic mass is 16.5. The standard InChI is InChI=1S/C12H20N4O3/c1-3-16-8-9(13)6-10(16)12(18)15-7-11(17)14-4-5-19-2/h6,8H,3-5,7,13H2,1-2H3,(H,14,17)(H,15,18). The zero-order valence-corrected chi connectivity index (χ0v) is 11.2. The molecule has 0 fully saturated rings. The molecule has 0 aromatic carbocycles. The number of carbonyl (C=O) groups excluding carboxylic acids is 2. The number of carbonyl (C=O) groups is 2. The molecule has 0 unspecified atom stereocenters. The first-order chi connectivity index (χ1) is 9.08. The molecule has 0 aliphatic rings. The van der Waals surface area contributed by atoms with Crippen molar-refractivity contribution in [2.45, 2.75) is 13.5 Å². The van der Waals surface area contributed by atoms with Gasteiger partial charge < -0.3 is 25.7 Å². The number of nitrogens with zero attached hydrogens (tertiary/aromatic N) is 1. The number of aryl methyl sites for hydroxylation is 1. The average Bonchev–Trinajstić information content (AvgIpc) is 2.77. The second-order valence-electron chi connectivity index (χ2n) is 3.97. The van der Waals surface area contributed by atoms with E-state index in [-0.39, 0.29) is 18.4 Å². The molecule has 0 radical (unpaired) electrons. The lowest BCUT2D eigenvalue weighted by molar-refractivity contribution is -0.120. The van der Waals surface area contributed by atoms with Gasteiger partial charge in [0, 0.05) is 26.4 Å². The molecule has 2 amide bonds. The Morgan fingerprint density at radius 3 is 2.79 bits per heavy atom. The fourth-order valence-corrected chi connectivity index (χ4v) is 1.59. The maximum Gasteiger partial charge on any atom is 0.268 e. The molecule has 4 N–H and O–H groups in total. The van der Waals surface area contributed by atoms with Crippen molar-refractivity contribution in [3.05, 3.63) is 18.0 Å². The Balaban J connectivity index is 2.44. The van der Waals surface area contributed by atoms with Gasteiger partial charge in [-0.3, -0.25) is 9.59 Å². The summed E-state index contributed by atoms with van der Waals surface area (Å²) in [5.74, 6) is -0.576. The van der Waals surface area contributed by atoms with Crippen LogP contribution in [0.15, 0.2) is 12.3 Å². The van der Waals surface area contributed by atoms with Crippen LogP contribution in [0.4, 0.5) is 5.69 Å². The summed E-state index contributed by atoms with van der Waals surface area (Å²) in [6.07, 6.45) is 1.69. The van der Waals surface area contributed by atoms with E-state index in [9.17, 15) is 9.59 Å². The summed E-state index contributed by atoms with van der Waals surface area (Å²) in [5.41, 5.74) is 6.61. The lowest BCUT2D eigenvalue weighted by Crippen LogP contribution is -2.38. The van der Waals surface area contributed by atoms with E-state index in [0.29, 0.717) is 31.1 Å². The topological polar surface area (TPSA) is 98.4 Å². The van der Waals surface area contributed by atoms with Gasteiger partial charge in [-0.25, -0.2) is 0 Å². The van der Waals surface area contributed by atoms with Gasteiger partial charge in [0.15, 0.2) is 0 Å². The van der Waals surface area contributed by atoms with E-state index in [1.807, 2.05) is 6.92 Å². The zero-order chi connectivity index (χ0) is 14.3. The molecule has 0 saturated heterocycles. The minimum absolute atomic E-state index is 0.0721. The summed E-state index contributed by atoms with van der Waals surface area (Å²) in [6, 6.07) is 1.58. The Morgan fingerprint density at radius 2 is 2.16 bits per heavy atom. The van der Waals surface area contributed by atoms with E-state index in [0.717, 1.165) is 0 Å². The second-order valence-corrected chi connectivity index (χ2v) is 3.97. The zero-order valence-electron chi connectivity index (χ0n) is 11.2. The van der Waals surface area contributed by atoms with Crippen LogP contribution in [0.1, 0.15) is 17.4 Å². The van der Waals surface area contributed by atoms with Crippen molar-refractivity contribution in [1.82, 2.24) is 15.2 Å². The van der Waals surface area contributed by atoms with E-state index >= 15 is 0 Å². The quantitative estimate of drug-likeness (QED) is 0.585. The lowest BCUT2D eigenvalue weighted by Gasteiger charge is -2.08. The van der Waals surface area contributed by atoms with Crippen molar-refractivity contribution < 1.29 is 14.3 Å². The molecular formula is C12H20N4O3. The van der Waals surface area contributed by atoms with Crippen molar-refractivity contribution in [2.24, 2.45) is 0 Å². The van der Waals surface area contributed by atoms with Crippen molar-refractivity contribution >= 4 is 17.5 Å². The Hall–Kier alpha value is -2.02. The Bertz CT molecular complexity index is 442. The summed E-state index contributed by atoms with van der Waals surface area (Å²) >= 11 is 0. The third kappa shape index (κ3) is 4.63. The van der Waals surface area contributed by atoms with E-state index in [2.05, 4.69) is 10.6 Å². The molecule has 0 saturated carbocycles. The van der Waals surface area contributed by atoms with E-state index in [1.54, 1.807) is 23.9 Å². The smallest absolute Gasteiger partial charge is 0.268 e. The van der Waals surface area contributed by atoms with Gasteiger partial charge in [0.05, 0.1) is 18.8 Å². The first kappa shape index (κ1) is 15.0. The summed E-state index contributed by atoms with van der Waals surface area (Å²) in [4.78, 5) is 23.3. The number of hydrogen-bond donors (Lipinski definition) is 3. The number of rotatable bonds is 7. The van der Waals surface area contributed by atoms with Gasteiger partial charge >= 0.3 is 0 Å². The first-order valence-corrected chi connectivity index (χ1v) is 6.08. The maximum absolute atomic E-state index is 11.9. The van der Waals surface area contributed by atoms with Crippen LogP contribution in [0.2, 0.25) is 0 Å². The molecule has 0 spiro atoms. The number of nitrogens with two attached hydrogens (primary N) is 1. The fourth-order valence-electron chi connectivity index (χ4n) is 1.59. The summed E-state index contributed by atoms with van der Waals surface area (Å²) in [5, 5.41) is 5.16. The van der Waals surface area contributed by atoms with Crippen LogP contribution >= 0.6 is 0 Å². The Kier molecular flexibility index (Phi) is 5.87. The van der Waals surface area contributed by atoms with E-state index in [1.165, 1.54) is 0 Å². The fraction of sp³-hybridized carbons (Fsp3) is 0.500. The predicted molar refractivity (Wildman–Crippen MR) is 71.7 cm³/mol. The van der Waals surface area contributed by atoms with Crippen LogP contribution in [-0.4, -0.2) is 43.2 Å². The number of nitrogens with one attached hydrogen (secondary N) is 2. The molecule has 1 heterocycles. The highest BCUT2D eigenvalue weighted by Gasteiger charge is 2.12. The van der Waals surface area contributed by atoms with Crippen molar-refractivity contribution in [2.75, 3.05) is 32.5 Å². The summed E-state index contributed by atoms with van der Waals surface area (Å²) in [7, 11) is 1.55. The van der Waals surface area contributed by atoms with E-state index in [4.69, 9.17) is 10.5 Å². The van der Waals surface area contributed by atoms with Crippen LogP contribution < -0.4 is 16.4 Å². The van der Waals surface area contributed by atoms with Gasteiger partial charge in [-0.05, 0) is 13.0 Å². The minimum atomic E-state index is -0.319. The number of methoxy groups -OCH3 is 1. The van der Waals surface area contributed by atoms with Crippen LogP contribution in [0.5, 0.6) is 0 Å². The number of anilines is 1. The summed E-state index contributed by atoms with van der Waals surface area (Å²) < 4.78 is 6.53. The van der Waals surface area contributed by atoms with Gasteiger partial charge in [0.1, 0.15) is 5.69 Å². The third-order valence-corrected chi connectivity index (χ3v) is 2.53. The highest BCUT2D eigenvalue weighted by Crippen LogP contribution is 2.10. The van der Waals surface area contributed by atoms with E-state index < -0.39 is 0 Å². The van der Waals surface area contributed by atoms with Gasteiger partial charge in [-0.2, -0.15) is 0 Å². The molecule has 1 aromatic heterocycles. The second kappa shape index (κ2) is 7.42. The molecule has 0 aliphatic carbocycles. The van der Waals surface area contributed by atoms with Crippen LogP contribution in [0.25, 0.3) is 0 Å². The molecule has 7 nitrogen and oxygen atoms in total. The maximum atomic E-state index is 11.9. The molecular weight excluding hydrogens is 248 g/mol. The lowest BCUT2D eigenvalue weighted by atomic mass is 10.3. The SMILES string of the molecule is CCn1cc(N)cc1C(=O)NCC(=O)NCCOC. The Labute approximate surface area is 112 Å². The number of hydrogen-bond acceptors (Lipinski definition) is 4. The van der Waals surface area contributed by atoms with Gasteiger partial charge in [0.25, 0.3) is 5.91 Å². The van der Waals surface area contributed by atoms with Gasteiger partial charge in [-0.1, -0.05) is 0 Å². The molecule has 0 bridgehead atoms. The van der Waals surface area contributed by atoms with Gasteiger partial charge in [0.2, 0.25) is 5.91 Å². The van der Waals surface area contributed by atoms with Crippen molar-refractivity contribution in [1.29, 1.82) is 0 Å². The molecule has 19 heavy (non-hydrogen) atoms. The average molecular weight is 268 g/mol.